The number of fused-ring (bicyclic) bond motifs is 4. The Labute approximate surface area is 233 Å². The molecule has 1 aromatic carbocycles. The molecule has 1 amide bonds. The van der Waals surface area contributed by atoms with Gasteiger partial charge in [0, 0.05) is 55.5 Å². The quantitative estimate of drug-likeness (QED) is 0.373. The topological polar surface area (TPSA) is 100 Å². The van der Waals surface area contributed by atoms with E-state index in [2.05, 4.69) is 21.3 Å². The largest absolute Gasteiger partial charge is 0.494 e. The Morgan fingerprint density at radius 2 is 1.98 bits per heavy atom. The normalized spacial score (nSPS) is 27.6. The van der Waals surface area contributed by atoms with Crippen LogP contribution in [0.15, 0.2) is 36.5 Å². The fourth-order valence-electron chi connectivity index (χ4n) is 7.41. The maximum Gasteiger partial charge on any atom is 0.254 e. The summed E-state index contributed by atoms with van der Waals surface area (Å²) in [6.45, 7) is 1.67. The van der Waals surface area contributed by atoms with E-state index in [-0.39, 0.29) is 30.1 Å². The lowest BCUT2D eigenvalue weighted by atomic mass is 9.88. The Bertz CT molecular complexity index is 1630. The van der Waals surface area contributed by atoms with Gasteiger partial charge in [-0.2, -0.15) is 0 Å². The number of ether oxygens (including phenoxy) is 2. The van der Waals surface area contributed by atoms with Crippen molar-refractivity contribution in [1.82, 2.24) is 24.0 Å². The van der Waals surface area contributed by atoms with Crippen LogP contribution < -0.4 is 10.5 Å². The zero-order valence-corrected chi connectivity index (χ0v) is 23.1. The van der Waals surface area contributed by atoms with Crippen LogP contribution in [0.2, 0.25) is 0 Å². The van der Waals surface area contributed by atoms with Crippen molar-refractivity contribution in [2.45, 2.75) is 69.3 Å². The minimum absolute atomic E-state index is 0.0223. The number of aromatic nitrogens is 4. The second-order valence-electron chi connectivity index (χ2n) is 12.3. The van der Waals surface area contributed by atoms with Gasteiger partial charge < -0.3 is 29.2 Å². The number of likely N-dealkylation sites (tertiary alicyclic amines) is 1. The summed E-state index contributed by atoms with van der Waals surface area (Å²) in [7, 11) is 3.46. The average molecular weight is 541 g/mol. The monoisotopic (exact) mass is 540 g/mol. The molecule has 4 heterocycles. The number of carbonyl (C=O) groups excluding carboxylic acids is 1. The van der Waals surface area contributed by atoms with Crippen molar-refractivity contribution in [3.8, 4) is 17.3 Å². The minimum atomic E-state index is 0.0223. The summed E-state index contributed by atoms with van der Waals surface area (Å²) < 4.78 is 16.3. The molecule has 4 aliphatic rings. The van der Waals surface area contributed by atoms with Gasteiger partial charge in [-0.15, -0.1) is 0 Å². The maximum absolute atomic E-state index is 13.8. The fourth-order valence-corrected chi connectivity index (χ4v) is 7.41. The first-order valence-corrected chi connectivity index (χ1v) is 14.7. The molecule has 1 aliphatic heterocycles. The van der Waals surface area contributed by atoms with Crippen molar-refractivity contribution in [2.24, 2.45) is 17.6 Å². The first-order chi connectivity index (χ1) is 19.5. The SMILES string of the molecule is COc1cc(C(=O)N2C[C@H]3CCC2[C@@H]3N)cc2nc(-c3cc4cccnc4n3CC3CC3)n(C3CC(OC)C3)c12. The average Bonchev–Trinajstić information content (AvgIpc) is 3.29. The number of nitrogens with zero attached hydrogens (tertiary/aromatic N) is 5. The number of benzene rings is 1. The van der Waals surface area contributed by atoms with Crippen molar-refractivity contribution >= 4 is 28.0 Å². The standard InChI is InChI=1S/C31H36N6O3/c1-39-22-13-21(14-22)37-28-23(10-20(12-26(28)40-2)31(38)36-16-19-7-8-24(36)27(19)32)34-30(37)25-11-18-4-3-9-33-29(18)35(25)15-17-5-6-17/h3-4,9-12,17,19,21-22,24,27H,5-8,13-16,32H2,1-2H3/t19-,21?,22?,24?,27-/m1/s1. The number of pyridine rings is 1. The molecule has 0 radical (unpaired) electrons. The van der Waals surface area contributed by atoms with Gasteiger partial charge in [0.05, 0.1) is 24.4 Å². The lowest BCUT2D eigenvalue weighted by Gasteiger charge is -2.36. The first-order valence-electron chi connectivity index (χ1n) is 14.7. The maximum atomic E-state index is 13.8. The number of hydrogen-bond acceptors (Lipinski definition) is 6. The third-order valence-corrected chi connectivity index (χ3v) is 9.92. The molecule has 2 bridgehead atoms. The fraction of sp³-hybridized carbons (Fsp3) is 0.516. The van der Waals surface area contributed by atoms with Crippen molar-refractivity contribution in [1.29, 1.82) is 0 Å². The van der Waals surface area contributed by atoms with E-state index in [4.69, 9.17) is 25.2 Å². The van der Waals surface area contributed by atoms with Crippen LogP contribution in [0.1, 0.15) is 54.9 Å². The van der Waals surface area contributed by atoms with Gasteiger partial charge in [-0.25, -0.2) is 9.97 Å². The molecule has 1 unspecified atom stereocenters. The second-order valence-corrected chi connectivity index (χ2v) is 12.3. The van der Waals surface area contributed by atoms with Gasteiger partial charge in [0.1, 0.15) is 16.9 Å². The summed E-state index contributed by atoms with van der Waals surface area (Å²) in [5.41, 5.74) is 10.8. The molecule has 3 atom stereocenters. The van der Waals surface area contributed by atoms with Gasteiger partial charge in [-0.1, -0.05) is 0 Å². The summed E-state index contributed by atoms with van der Waals surface area (Å²) in [6, 6.07) is 10.6. The predicted octanol–water partition coefficient (Wildman–Crippen LogP) is 4.38. The lowest BCUT2D eigenvalue weighted by molar-refractivity contribution is 0.00771. The summed E-state index contributed by atoms with van der Waals surface area (Å²) >= 11 is 0. The van der Waals surface area contributed by atoms with Crippen LogP contribution in [0.25, 0.3) is 33.6 Å². The highest BCUT2D eigenvalue weighted by Gasteiger charge is 2.47. The summed E-state index contributed by atoms with van der Waals surface area (Å²) in [5.74, 6) is 2.68. The molecule has 9 heteroatoms. The van der Waals surface area contributed by atoms with E-state index in [9.17, 15) is 4.79 Å². The van der Waals surface area contributed by atoms with Crippen LogP contribution in [-0.4, -0.2) is 68.9 Å². The van der Waals surface area contributed by atoms with Crippen LogP contribution >= 0.6 is 0 Å². The third-order valence-electron chi connectivity index (χ3n) is 9.92. The summed E-state index contributed by atoms with van der Waals surface area (Å²) in [5, 5.41) is 1.11. The van der Waals surface area contributed by atoms with E-state index in [0.29, 0.717) is 23.1 Å². The lowest BCUT2D eigenvalue weighted by Crippen LogP contribution is -2.41. The van der Waals surface area contributed by atoms with Crippen molar-refractivity contribution < 1.29 is 14.3 Å². The Kier molecular flexibility index (Phi) is 5.51. The minimum Gasteiger partial charge on any atom is -0.494 e. The van der Waals surface area contributed by atoms with Crippen LogP contribution in [0.3, 0.4) is 0 Å². The Balaban J connectivity index is 1.29. The van der Waals surface area contributed by atoms with Crippen LogP contribution in [0.4, 0.5) is 0 Å². The highest BCUT2D eigenvalue weighted by atomic mass is 16.5. The first kappa shape index (κ1) is 24.4. The molecule has 40 heavy (non-hydrogen) atoms. The van der Waals surface area contributed by atoms with E-state index >= 15 is 0 Å². The van der Waals surface area contributed by atoms with Gasteiger partial charge in [0.25, 0.3) is 5.91 Å². The van der Waals surface area contributed by atoms with E-state index < -0.39 is 0 Å². The van der Waals surface area contributed by atoms with Gasteiger partial charge in [-0.3, -0.25) is 4.79 Å². The molecule has 3 aliphatic carbocycles. The van der Waals surface area contributed by atoms with Gasteiger partial charge in [0.15, 0.2) is 5.82 Å². The van der Waals surface area contributed by atoms with Crippen molar-refractivity contribution in [3.05, 3.63) is 42.1 Å². The molecule has 3 aromatic heterocycles. The number of amides is 1. The molecule has 8 rings (SSSR count). The molecule has 0 spiro atoms. The van der Waals surface area contributed by atoms with Crippen LogP contribution in [-0.2, 0) is 11.3 Å². The summed E-state index contributed by atoms with van der Waals surface area (Å²) in [6.07, 6.45) is 8.52. The number of carbonyl (C=O) groups is 1. The molecule has 4 fully saturated rings. The highest BCUT2D eigenvalue weighted by Crippen LogP contribution is 2.45. The zero-order valence-electron chi connectivity index (χ0n) is 23.1. The predicted molar refractivity (Wildman–Crippen MR) is 152 cm³/mol. The molecule has 9 nitrogen and oxygen atoms in total. The Morgan fingerprint density at radius 3 is 2.67 bits per heavy atom. The number of piperidine rings is 1. The van der Waals surface area contributed by atoms with Gasteiger partial charge >= 0.3 is 0 Å². The molecular weight excluding hydrogens is 504 g/mol. The van der Waals surface area contributed by atoms with E-state index in [1.165, 1.54) is 12.8 Å². The third kappa shape index (κ3) is 3.63. The number of rotatable bonds is 7. The molecule has 2 N–H and O–H groups in total. The summed E-state index contributed by atoms with van der Waals surface area (Å²) in [4.78, 5) is 25.8. The van der Waals surface area contributed by atoms with Crippen molar-refractivity contribution in [2.75, 3.05) is 20.8 Å². The molecule has 3 saturated carbocycles. The molecule has 1 saturated heterocycles. The second kappa shape index (κ2) is 9.04. The molecule has 208 valence electrons. The number of imidazole rings is 1. The zero-order chi connectivity index (χ0) is 27.1. The molecule has 4 aromatic rings. The van der Waals surface area contributed by atoms with Gasteiger partial charge in [0.2, 0.25) is 0 Å². The smallest absolute Gasteiger partial charge is 0.254 e. The van der Waals surface area contributed by atoms with E-state index in [1.54, 1.807) is 14.2 Å². The van der Waals surface area contributed by atoms with Crippen LogP contribution in [0, 0.1) is 11.8 Å². The molecular formula is C31H36N6O3. The van der Waals surface area contributed by atoms with E-state index in [1.807, 2.05) is 29.3 Å². The van der Waals surface area contributed by atoms with Crippen LogP contribution in [0.5, 0.6) is 5.75 Å². The highest BCUT2D eigenvalue weighted by molar-refractivity contribution is 6.00. The number of nitrogens with two attached hydrogens (primary N) is 1. The number of hydrogen-bond donors (Lipinski definition) is 1. The van der Waals surface area contributed by atoms with Gasteiger partial charge in [-0.05, 0) is 80.7 Å². The van der Waals surface area contributed by atoms with Crippen molar-refractivity contribution in [3.63, 3.8) is 0 Å². The van der Waals surface area contributed by atoms with E-state index in [0.717, 1.165) is 72.4 Å². The Morgan fingerprint density at radius 1 is 1.12 bits per heavy atom. The number of methoxy groups -OCH3 is 2. The Hall–Kier alpha value is -3.43.